The number of aliphatic hydroxyl groups is 1. The molecule has 1 aromatic rings. The van der Waals surface area contributed by atoms with Crippen LogP contribution in [0.15, 0.2) is 18.2 Å². The van der Waals surface area contributed by atoms with Gasteiger partial charge in [0.25, 0.3) is 5.69 Å². The van der Waals surface area contributed by atoms with Crippen LogP contribution in [-0.4, -0.2) is 23.2 Å². The zero-order valence-corrected chi connectivity index (χ0v) is 9.34. The van der Waals surface area contributed by atoms with Gasteiger partial charge in [0.15, 0.2) is 0 Å². The molecule has 5 heteroatoms. The number of hydrogen-bond donors (Lipinski definition) is 1. The molecule has 0 spiro atoms. The number of ether oxygens (including phenoxy) is 1. The van der Waals surface area contributed by atoms with Crippen LogP contribution in [0.3, 0.4) is 0 Å². The monoisotopic (exact) mass is 225 g/mol. The summed E-state index contributed by atoms with van der Waals surface area (Å²) in [6.07, 6.45) is 0.312. The third kappa shape index (κ3) is 2.93. The van der Waals surface area contributed by atoms with E-state index in [2.05, 4.69) is 0 Å². The lowest BCUT2D eigenvalue weighted by atomic mass is 10.0. The topological polar surface area (TPSA) is 72.6 Å². The molecule has 0 heterocycles. The van der Waals surface area contributed by atoms with E-state index in [9.17, 15) is 15.2 Å². The third-order valence-corrected chi connectivity index (χ3v) is 2.42. The van der Waals surface area contributed by atoms with E-state index in [1.807, 2.05) is 6.92 Å². The van der Waals surface area contributed by atoms with E-state index in [4.69, 9.17) is 4.74 Å². The zero-order valence-electron chi connectivity index (χ0n) is 9.34. The normalized spacial score (nSPS) is 12.2. The maximum Gasteiger partial charge on any atom is 0.276 e. The summed E-state index contributed by atoms with van der Waals surface area (Å²) in [5.41, 5.74) is 0.520. The molecule has 0 aliphatic carbocycles. The summed E-state index contributed by atoms with van der Waals surface area (Å²) in [5, 5.41) is 20.3. The van der Waals surface area contributed by atoms with Crippen LogP contribution in [0, 0.1) is 10.1 Å². The number of nitro benzene ring substituents is 1. The minimum absolute atomic E-state index is 0.00755. The SMILES string of the molecule is CCC(O)Cc1ccc(OC)cc1[N+](=O)[O-]. The fourth-order valence-electron chi connectivity index (χ4n) is 1.41. The first kappa shape index (κ1) is 12.4. The second-order valence-electron chi connectivity index (χ2n) is 3.52. The minimum atomic E-state index is -0.549. The molecule has 1 aromatic carbocycles. The summed E-state index contributed by atoms with van der Waals surface area (Å²) in [7, 11) is 1.46. The van der Waals surface area contributed by atoms with Crippen molar-refractivity contribution >= 4 is 5.69 Å². The molecule has 1 atom stereocenters. The fourth-order valence-corrected chi connectivity index (χ4v) is 1.41. The molecule has 0 saturated carbocycles. The van der Waals surface area contributed by atoms with Gasteiger partial charge in [-0.15, -0.1) is 0 Å². The van der Waals surface area contributed by atoms with Crippen LogP contribution in [-0.2, 0) is 6.42 Å². The van der Waals surface area contributed by atoms with Gasteiger partial charge in [-0.05, 0) is 18.6 Å². The number of benzene rings is 1. The number of nitrogens with zero attached hydrogens (tertiary/aromatic N) is 1. The zero-order chi connectivity index (χ0) is 12.1. The Kier molecular flexibility index (Phi) is 4.25. The molecule has 0 saturated heterocycles. The standard InChI is InChI=1S/C11H15NO4/c1-3-9(13)6-8-4-5-10(16-2)7-11(8)12(14)15/h4-5,7,9,13H,3,6H2,1-2H3. The van der Waals surface area contributed by atoms with Crippen LogP contribution in [0.25, 0.3) is 0 Å². The summed E-state index contributed by atoms with van der Waals surface area (Å²) in [6.45, 7) is 1.83. The molecule has 0 aromatic heterocycles. The van der Waals surface area contributed by atoms with Crippen LogP contribution >= 0.6 is 0 Å². The molecule has 0 radical (unpaired) electrons. The molecule has 0 amide bonds. The Morgan fingerprint density at radius 3 is 2.75 bits per heavy atom. The lowest BCUT2D eigenvalue weighted by Gasteiger charge is -2.09. The van der Waals surface area contributed by atoms with Gasteiger partial charge in [0.2, 0.25) is 0 Å². The van der Waals surface area contributed by atoms with E-state index in [1.54, 1.807) is 12.1 Å². The van der Waals surface area contributed by atoms with Crippen molar-refractivity contribution in [3.8, 4) is 5.75 Å². The number of methoxy groups -OCH3 is 1. The largest absolute Gasteiger partial charge is 0.497 e. The van der Waals surface area contributed by atoms with Gasteiger partial charge in [0, 0.05) is 12.0 Å². The quantitative estimate of drug-likeness (QED) is 0.613. The highest BCUT2D eigenvalue weighted by Crippen LogP contribution is 2.25. The molecule has 1 unspecified atom stereocenters. The molecule has 0 fully saturated rings. The second kappa shape index (κ2) is 5.46. The van der Waals surface area contributed by atoms with Crippen molar-refractivity contribution in [1.82, 2.24) is 0 Å². The maximum atomic E-state index is 10.8. The number of nitro groups is 1. The minimum Gasteiger partial charge on any atom is -0.497 e. The average Bonchev–Trinajstić information content (AvgIpc) is 2.29. The Bertz CT molecular complexity index is 378. The van der Waals surface area contributed by atoms with E-state index >= 15 is 0 Å². The smallest absolute Gasteiger partial charge is 0.276 e. The van der Waals surface area contributed by atoms with Gasteiger partial charge in [-0.3, -0.25) is 10.1 Å². The first-order chi connectivity index (χ1) is 7.58. The molecule has 1 N–H and O–H groups in total. The van der Waals surface area contributed by atoms with E-state index in [1.165, 1.54) is 13.2 Å². The lowest BCUT2D eigenvalue weighted by molar-refractivity contribution is -0.385. The highest BCUT2D eigenvalue weighted by Gasteiger charge is 2.17. The predicted octanol–water partition coefficient (Wildman–Crippen LogP) is 1.92. The molecule has 1 rings (SSSR count). The van der Waals surface area contributed by atoms with Gasteiger partial charge in [-0.1, -0.05) is 6.92 Å². The van der Waals surface area contributed by atoms with Crippen molar-refractivity contribution < 1.29 is 14.8 Å². The van der Waals surface area contributed by atoms with Crippen LogP contribution < -0.4 is 4.74 Å². The third-order valence-electron chi connectivity index (χ3n) is 2.42. The number of rotatable bonds is 5. The van der Waals surface area contributed by atoms with Crippen molar-refractivity contribution in [3.63, 3.8) is 0 Å². The summed E-state index contributed by atoms with van der Waals surface area (Å²) in [6, 6.07) is 4.65. The van der Waals surface area contributed by atoms with Crippen molar-refractivity contribution in [3.05, 3.63) is 33.9 Å². The Morgan fingerprint density at radius 1 is 1.56 bits per heavy atom. The second-order valence-corrected chi connectivity index (χ2v) is 3.52. The van der Waals surface area contributed by atoms with Crippen LogP contribution in [0.5, 0.6) is 5.75 Å². The molecular formula is C11H15NO4. The molecule has 0 bridgehead atoms. The highest BCUT2D eigenvalue weighted by atomic mass is 16.6. The maximum absolute atomic E-state index is 10.8. The Labute approximate surface area is 93.8 Å². The fraction of sp³-hybridized carbons (Fsp3) is 0.455. The van der Waals surface area contributed by atoms with E-state index < -0.39 is 11.0 Å². The van der Waals surface area contributed by atoms with Crippen LogP contribution in [0.4, 0.5) is 5.69 Å². The summed E-state index contributed by atoms with van der Waals surface area (Å²) in [5.74, 6) is 0.446. The van der Waals surface area contributed by atoms with Gasteiger partial charge in [-0.2, -0.15) is 0 Å². The van der Waals surface area contributed by atoms with Gasteiger partial charge in [-0.25, -0.2) is 0 Å². The first-order valence-electron chi connectivity index (χ1n) is 5.07. The number of hydrogen-bond acceptors (Lipinski definition) is 4. The van der Waals surface area contributed by atoms with Crippen molar-refractivity contribution in [1.29, 1.82) is 0 Å². The van der Waals surface area contributed by atoms with Gasteiger partial charge < -0.3 is 9.84 Å². The van der Waals surface area contributed by atoms with E-state index in [-0.39, 0.29) is 12.1 Å². The molecular weight excluding hydrogens is 210 g/mol. The van der Waals surface area contributed by atoms with Crippen molar-refractivity contribution in [2.45, 2.75) is 25.9 Å². The summed E-state index contributed by atoms with van der Waals surface area (Å²) in [4.78, 5) is 10.4. The summed E-state index contributed by atoms with van der Waals surface area (Å²) < 4.78 is 4.92. The summed E-state index contributed by atoms with van der Waals surface area (Å²) >= 11 is 0. The Hall–Kier alpha value is -1.62. The Morgan fingerprint density at radius 2 is 2.25 bits per heavy atom. The van der Waals surface area contributed by atoms with E-state index in [0.29, 0.717) is 17.7 Å². The molecule has 5 nitrogen and oxygen atoms in total. The molecule has 88 valence electrons. The van der Waals surface area contributed by atoms with Crippen LogP contribution in [0.2, 0.25) is 0 Å². The van der Waals surface area contributed by atoms with Crippen LogP contribution in [0.1, 0.15) is 18.9 Å². The molecule has 0 aliphatic rings. The van der Waals surface area contributed by atoms with Gasteiger partial charge in [0.05, 0.1) is 24.2 Å². The van der Waals surface area contributed by atoms with Gasteiger partial charge in [0.1, 0.15) is 5.75 Å². The highest BCUT2D eigenvalue weighted by molar-refractivity contribution is 5.46. The predicted molar refractivity (Wildman–Crippen MR) is 59.7 cm³/mol. The lowest BCUT2D eigenvalue weighted by Crippen LogP contribution is -2.10. The first-order valence-corrected chi connectivity index (χ1v) is 5.07. The van der Waals surface area contributed by atoms with Crippen molar-refractivity contribution in [2.24, 2.45) is 0 Å². The average molecular weight is 225 g/mol. The Balaban J connectivity index is 3.03. The molecule has 0 aliphatic heterocycles. The molecule has 16 heavy (non-hydrogen) atoms. The van der Waals surface area contributed by atoms with Gasteiger partial charge >= 0.3 is 0 Å². The number of aliphatic hydroxyl groups excluding tert-OH is 1. The van der Waals surface area contributed by atoms with E-state index in [0.717, 1.165) is 0 Å². The van der Waals surface area contributed by atoms with Crippen molar-refractivity contribution in [2.75, 3.05) is 7.11 Å².